The number of carbonyl (C=O) groups excluding carboxylic acids is 1. The molecule has 0 unspecified atom stereocenters. The van der Waals surface area contributed by atoms with Gasteiger partial charge in [-0.15, -0.1) is 0 Å². The molecule has 0 N–H and O–H groups in total. The number of nitriles is 1. The summed E-state index contributed by atoms with van der Waals surface area (Å²) in [5, 5.41) is 12.5. The first kappa shape index (κ1) is 10.9. The van der Waals surface area contributed by atoms with E-state index in [1.807, 2.05) is 6.07 Å². The predicted molar refractivity (Wildman–Crippen MR) is 55.1 cm³/mol. The fraction of sp³-hybridized carbons (Fsp3) is 0.182. The average molecular weight is 202 g/mol. The Morgan fingerprint density at radius 3 is 2.67 bits per heavy atom. The van der Waals surface area contributed by atoms with Crippen molar-refractivity contribution in [3.05, 3.63) is 35.4 Å². The Hall–Kier alpha value is -2.15. The van der Waals surface area contributed by atoms with Crippen molar-refractivity contribution < 1.29 is 9.63 Å². The average Bonchev–Trinajstić information content (AvgIpc) is 2.25. The molecule has 0 aliphatic carbocycles. The summed E-state index contributed by atoms with van der Waals surface area (Å²) in [6, 6.07) is 9.04. The van der Waals surface area contributed by atoms with Crippen molar-refractivity contribution in [2.24, 2.45) is 5.16 Å². The highest BCUT2D eigenvalue weighted by Crippen LogP contribution is 2.08. The maximum absolute atomic E-state index is 10.5. The minimum absolute atomic E-state index is 0.483. The molecule has 0 aliphatic heterocycles. The van der Waals surface area contributed by atoms with Gasteiger partial charge in [-0.05, 0) is 13.0 Å². The summed E-state index contributed by atoms with van der Waals surface area (Å²) in [5.74, 6) is -0.483. The summed E-state index contributed by atoms with van der Waals surface area (Å²) in [6.45, 7) is 2.95. The van der Waals surface area contributed by atoms with Gasteiger partial charge in [0.15, 0.2) is 0 Å². The zero-order valence-corrected chi connectivity index (χ0v) is 8.52. The smallest absolute Gasteiger partial charge is 0.318 e. The molecule has 0 heterocycles. The molecule has 0 fully saturated rings. The van der Waals surface area contributed by atoms with Crippen molar-refractivity contribution in [3.8, 4) is 6.07 Å². The molecule has 1 aromatic carbocycles. The first-order valence-electron chi connectivity index (χ1n) is 4.37. The van der Waals surface area contributed by atoms with Crippen molar-refractivity contribution in [2.75, 3.05) is 0 Å². The van der Waals surface area contributed by atoms with Gasteiger partial charge in [0.05, 0.1) is 17.3 Å². The molecule has 0 saturated heterocycles. The van der Waals surface area contributed by atoms with Crippen LogP contribution in [0.2, 0.25) is 0 Å². The first-order chi connectivity index (χ1) is 7.15. The molecular formula is C11H10N2O2. The molecule has 1 rings (SSSR count). The summed E-state index contributed by atoms with van der Waals surface area (Å²) >= 11 is 0. The molecule has 15 heavy (non-hydrogen) atoms. The van der Waals surface area contributed by atoms with Crippen molar-refractivity contribution in [1.82, 2.24) is 0 Å². The highest BCUT2D eigenvalue weighted by molar-refractivity contribution is 6.00. The standard InChI is InChI=1S/C11H10N2O2/c1-8(13-15-9(2)14)11-6-4-3-5-10(11)7-12/h3-6H,1-2H3. The molecule has 0 bridgehead atoms. The van der Waals surface area contributed by atoms with E-state index in [0.717, 1.165) is 0 Å². The number of hydrogen-bond donors (Lipinski definition) is 0. The van der Waals surface area contributed by atoms with Crippen molar-refractivity contribution in [1.29, 1.82) is 5.26 Å². The van der Waals surface area contributed by atoms with E-state index < -0.39 is 5.97 Å². The molecule has 0 aliphatic rings. The lowest BCUT2D eigenvalue weighted by molar-refractivity contribution is -0.140. The lowest BCUT2D eigenvalue weighted by Gasteiger charge is -2.01. The third-order valence-corrected chi connectivity index (χ3v) is 1.75. The van der Waals surface area contributed by atoms with Crippen LogP contribution in [-0.4, -0.2) is 11.7 Å². The van der Waals surface area contributed by atoms with Crippen LogP contribution < -0.4 is 0 Å². The Labute approximate surface area is 87.8 Å². The minimum atomic E-state index is -0.483. The Morgan fingerprint density at radius 1 is 1.40 bits per heavy atom. The van der Waals surface area contributed by atoms with Gasteiger partial charge < -0.3 is 4.84 Å². The monoisotopic (exact) mass is 202 g/mol. The molecular weight excluding hydrogens is 192 g/mol. The van der Waals surface area contributed by atoms with Crippen LogP contribution in [0.25, 0.3) is 0 Å². The highest BCUT2D eigenvalue weighted by Gasteiger charge is 2.04. The molecule has 1 aromatic rings. The van der Waals surface area contributed by atoms with Gasteiger partial charge in [0.2, 0.25) is 0 Å². The molecule has 76 valence electrons. The topological polar surface area (TPSA) is 62.4 Å². The zero-order valence-electron chi connectivity index (χ0n) is 8.52. The predicted octanol–water partition coefficient (Wildman–Crippen LogP) is 1.85. The van der Waals surface area contributed by atoms with Crippen LogP contribution in [0.15, 0.2) is 29.4 Å². The van der Waals surface area contributed by atoms with Crippen LogP contribution in [0.1, 0.15) is 25.0 Å². The minimum Gasteiger partial charge on any atom is -0.318 e. The first-order valence-corrected chi connectivity index (χ1v) is 4.37. The Morgan fingerprint density at radius 2 is 2.07 bits per heavy atom. The summed E-state index contributed by atoms with van der Waals surface area (Å²) in [7, 11) is 0. The van der Waals surface area contributed by atoms with E-state index in [-0.39, 0.29) is 0 Å². The lowest BCUT2D eigenvalue weighted by atomic mass is 10.1. The van der Waals surface area contributed by atoms with Crippen LogP contribution in [-0.2, 0) is 9.63 Å². The molecule has 0 aromatic heterocycles. The fourth-order valence-electron chi connectivity index (χ4n) is 1.08. The maximum atomic E-state index is 10.5. The molecule has 0 radical (unpaired) electrons. The van der Waals surface area contributed by atoms with Gasteiger partial charge in [0.25, 0.3) is 0 Å². The van der Waals surface area contributed by atoms with Gasteiger partial charge in [-0.25, -0.2) is 4.79 Å². The van der Waals surface area contributed by atoms with Crippen LogP contribution in [0.3, 0.4) is 0 Å². The SMILES string of the molecule is CC(=O)ON=C(C)c1ccccc1C#N. The Kier molecular flexibility index (Phi) is 3.58. The van der Waals surface area contributed by atoms with E-state index in [9.17, 15) is 4.79 Å². The summed E-state index contributed by atoms with van der Waals surface area (Å²) in [5.41, 5.74) is 1.68. The van der Waals surface area contributed by atoms with Gasteiger partial charge in [-0.3, -0.25) is 0 Å². The van der Waals surface area contributed by atoms with Gasteiger partial charge in [-0.2, -0.15) is 5.26 Å². The third-order valence-electron chi connectivity index (χ3n) is 1.75. The van der Waals surface area contributed by atoms with Crippen molar-refractivity contribution in [2.45, 2.75) is 13.8 Å². The van der Waals surface area contributed by atoms with Gasteiger partial charge in [-0.1, -0.05) is 23.4 Å². The number of benzene rings is 1. The van der Waals surface area contributed by atoms with Crippen molar-refractivity contribution in [3.63, 3.8) is 0 Å². The van der Waals surface area contributed by atoms with E-state index in [1.54, 1.807) is 31.2 Å². The molecule has 4 heteroatoms. The number of nitrogens with zero attached hydrogens (tertiary/aromatic N) is 2. The molecule has 0 saturated carbocycles. The maximum Gasteiger partial charge on any atom is 0.331 e. The number of rotatable bonds is 2. The second kappa shape index (κ2) is 4.91. The lowest BCUT2D eigenvalue weighted by Crippen LogP contribution is -2.01. The number of hydrogen-bond acceptors (Lipinski definition) is 4. The molecule has 4 nitrogen and oxygen atoms in total. The summed E-state index contributed by atoms with van der Waals surface area (Å²) < 4.78 is 0. The van der Waals surface area contributed by atoms with E-state index in [1.165, 1.54) is 6.92 Å². The summed E-state index contributed by atoms with van der Waals surface area (Å²) in [4.78, 5) is 15.0. The second-order valence-corrected chi connectivity index (χ2v) is 2.92. The highest BCUT2D eigenvalue weighted by atomic mass is 16.7. The normalized spacial score (nSPS) is 10.6. The Balaban J connectivity index is 3.01. The van der Waals surface area contributed by atoms with E-state index in [4.69, 9.17) is 5.26 Å². The van der Waals surface area contributed by atoms with Crippen molar-refractivity contribution >= 4 is 11.7 Å². The van der Waals surface area contributed by atoms with Crippen LogP contribution in [0.5, 0.6) is 0 Å². The summed E-state index contributed by atoms with van der Waals surface area (Å²) in [6.07, 6.45) is 0. The zero-order chi connectivity index (χ0) is 11.3. The quantitative estimate of drug-likeness (QED) is 0.417. The number of oxime groups is 1. The van der Waals surface area contributed by atoms with Crippen LogP contribution in [0.4, 0.5) is 0 Å². The second-order valence-electron chi connectivity index (χ2n) is 2.92. The van der Waals surface area contributed by atoms with E-state index >= 15 is 0 Å². The molecule has 0 amide bonds. The van der Waals surface area contributed by atoms with E-state index in [2.05, 4.69) is 9.99 Å². The fourth-order valence-corrected chi connectivity index (χ4v) is 1.08. The number of carbonyl (C=O) groups is 1. The molecule has 0 atom stereocenters. The van der Waals surface area contributed by atoms with Gasteiger partial charge in [0.1, 0.15) is 0 Å². The largest absolute Gasteiger partial charge is 0.331 e. The van der Waals surface area contributed by atoms with E-state index in [0.29, 0.717) is 16.8 Å². The van der Waals surface area contributed by atoms with Gasteiger partial charge >= 0.3 is 5.97 Å². The Bertz CT molecular complexity index is 444. The van der Waals surface area contributed by atoms with Crippen LogP contribution in [0, 0.1) is 11.3 Å². The third kappa shape index (κ3) is 2.92. The van der Waals surface area contributed by atoms with Gasteiger partial charge in [0, 0.05) is 12.5 Å². The molecule has 0 spiro atoms. The van der Waals surface area contributed by atoms with Crippen LogP contribution >= 0.6 is 0 Å².